The van der Waals surface area contributed by atoms with Crippen molar-refractivity contribution >= 4 is 38.8 Å². The van der Waals surface area contributed by atoms with Crippen LogP contribution in [-0.2, 0) is 11.2 Å². The molecule has 0 heterocycles. The summed E-state index contributed by atoms with van der Waals surface area (Å²) in [6.45, 7) is 2.39. The van der Waals surface area contributed by atoms with E-state index in [1.807, 2.05) is 43.3 Å². The molecule has 27 heavy (non-hydrogen) atoms. The van der Waals surface area contributed by atoms with Gasteiger partial charge in [0.2, 0.25) is 5.91 Å². The second-order valence-electron chi connectivity index (χ2n) is 5.88. The van der Waals surface area contributed by atoms with E-state index >= 15 is 0 Å². The molecule has 0 bridgehead atoms. The van der Waals surface area contributed by atoms with Gasteiger partial charge < -0.3 is 9.84 Å². The first-order valence-corrected chi connectivity index (χ1v) is 9.31. The lowest BCUT2D eigenvalue weighted by Gasteiger charge is -2.07. The molecule has 0 aliphatic heterocycles. The van der Waals surface area contributed by atoms with Crippen molar-refractivity contribution in [1.82, 2.24) is 5.43 Å². The summed E-state index contributed by atoms with van der Waals surface area (Å²) < 4.78 is 6.31. The minimum atomic E-state index is -0.232. The topological polar surface area (TPSA) is 70.9 Å². The van der Waals surface area contributed by atoms with Gasteiger partial charge in [0, 0.05) is 16.1 Å². The quantitative estimate of drug-likeness (QED) is 0.453. The summed E-state index contributed by atoms with van der Waals surface area (Å²) in [5, 5.41) is 16.0. The lowest BCUT2D eigenvalue weighted by atomic mass is 10.0. The molecule has 0 aromatic heterocycles. The predicted molar refractivity (Wildman–Crippen MR) is 110 cm³/mol. The predicted octanol–water partition coefficient (Wildman–Crippen LogP) is 4.40. The number of carbonyl (C=O) groups excluding carboxylic acids is 1. The largest absolute Gasteiger partial charge is 0.507 e. The number of nitrogens with one attached hydrogen (secondary N) is 1. The molecule has 6 heteroatoms. The summed E-state index contributed by atoms with van der Waals surface area (Å²) in [6, 6.07) is 16.7. The first-order valence-electron chi connectivity index (χ1n) is 8.52. The smallest absolute Gasteiger partial charge is 0.244 e. The molecule has 0 fully saturated rings. The number of halogens is 1. The number of aromatic hydroxyl groups is 1. The van der Waals surface area contributed by atoms with Crippen molar-refractivity contribution in [3.8, 4) is 11.5 Å². The minimum Gasteiger partial charge on any atom is -0.507 e. The third-order valence-electron chi connectivity index (χ3n) is 4.02. The fourth-order valence-corrected chi connectivity index (χ4v) is 3.23. The monoisotopic (exact) mass is 426 g/mol. The van der Waals surface area contributed by atoms with Crippen LogP contribution in [0.2, 0.25) is 0 Å². The first kappa shape index (κ1) is 18.9. The maximum atomic E-state index is 12.2. The molecule has 1 amide bonds. The van der Waals surface area contributed by atoms with Gasteiger partial charge in [-0.05, 0) is 41.5 Å². The van der Waals surface area contributed by atoms with Gasteiger partial charge in [-0.15, -0.1) is 0 Å². The Balaban J connectivity index is 1.67. The summed E-state index contributed by atoms with van der Waals surface area (Å²) in [6.07, 6.45) is 1.61. The number of fused-ring (bicyclic) bond motifs is 1. The highest BCUT2D eigenvalue weighted by Gasteiger charge is 2.08. The van der Waals surface area contributed by atoms with E-state index in [9.17, 15) is 9.90 Å². The maximum Gasteiger partial charge on any atom is 0.244 e. The van der Waals surface area contributed by atoms with Crippen LogP contribution >= 0.6 is 15.9 Å². The van der Waals surface area contributed by atoms with Crippen molar-refractivity contribution in [2.45, 2.75) is 13.3 Å². The Labute approximate surface area is 165 Å². The van der Waals surface area contributed by atoms with Crippen molar-refractivity contribution in [2.75, 3.05) is 6.61 Å². The van der Waals surface area contributed by atoms with E-state index in [-0.39, 0.29) is 18.1 Å². The zero-order valence-electron chi connectivity index (χ0n) is 14.8. The van der Waals surface area contributed by atoms with Gasteiger partial charge in [-0.25, -0.2) is 5.43 Å². The molecule has 0 unspecified atom stereocenters. The molecule has 3 aromatic carbocycles. The van der Waals surface area contributed by atoms with Gasteiger partial charge in [0.25, 0.3) is 0 Å². The van der Waals surface area contributed by atoms with Crippen molar-refractivity contribution in [2.24, 2.45) is 5.10 Å². The average molecular weight is 427 g/mol. The fourth-order valence-electron chi connectivity index (χ4n) is 2.75. The molecule has 3 rings (SSSR count). The highest BCUT2D eigenvalue weighted by molar-refractivity contribution is 9.10. The molecular formula is C21H19BrN2O3. The Kier molecular flexibility index (Phi) is 6.08. The highest BCUT2D eigenvalue weighted by Crippen LogP contribution is 2.27. The number of phenols is 1. The molecule has 0 aliphatic rings. The number of hydrogen-bond donors (Lipinski definition) is 2. The van der Waals surface area contributed by atoms with E-state index in [1.54, 1.807) is 12.1 Å². The van der Waals surface area contributed by atoms with E-state index in [4.69, 9.17) is 4.74 Å². The Morgan fingerprint density at radius 1 is 1.19 bits per heavy atom. The lowest BCUT2D eigenvalue weighted by Crippen LogP contribution is -2.19. The molecule has 138 valence electrons. The molecule has 0 atom stereocenters. The average Bonchev–Trinajstić information content (AvgIpc) is 2.66. The number of hydrogen-bond acceptors (Lipinski definition) is 4. The summed E-state index contributed by atoms with van der Waals surface area (Å²) in [5.41, 5.74) is 3.92. The van der Waals surface area contributed by atoms with Crippen molar-refractivity contribution in [3.63, 3.8) is 0 Å². The SMILES string of the molecule is CCOc1ccc(C=NNC(=O)Cc2ccc(Br)c3ccccc23)c(O)c1. The molecule has 5 nitrogen and oxygen atoms in total. The molecule has 0 saturated heterocycles. The minimum absolute atomic E-state index is 0.0397. The van der Waals surface area contributed by atoms with Gasteiger partial charge in [-0.1, -0.05) is 46.3 Å². The van der Waals surface area contributed by atoms with Crippen LogP contribution in [0.4, 0.5) is 0 Å². The highest BCUT2D eigenvalue weighted by atomic mass is 79.9. The fraction of sp³-hybridized carbons (Fsp3) is 0.143. The summed E-state index contributed by atoms with van der Waals surface area (Å²) in [7, 11) is 0. The summed E-state index contributed by atoms with van der Waals surface area (Å²) >= 11 is 3.53. The second-order valence-corrected chi connectivity index (χ2v) is 6.73. The van der Waals surface area contributed by atoms with Crippen molar-refractivity contribution in [3.05, 3.63) is 70.2 Å². The molecule has 0 saturated carbocycles. The van der Waals surface area contributed by atoms with Crippen LogP contribution < -0.4 is 10.2 Å². The van der Waals surface area contributed by atoms with E-state index in [0.29, 0.717) is 17.9 Å². The Hall–Kier alpha value is -2.86. The van der Waals surface area contributed by atoms with E-state index in [2.05, 4.69) is 26.5 Å². The number of amides is 1. The Bertz CT molecular complexity index is 1000. The molecule has 0 spiro atoms. The van der Waals surface area contributed by atoms with E-state index < -0.39 is 0 Å². The van der Waals surface area contributed by atoms with Crippen LogP contribution in [0.1, 0.15) is 18.1 Å². The van der Waals surface area contributed by atoms with Gasteiger partial charge in [0.15, 0.2) is 0 Å². The molecule has 2 N–H and O–H groups in total. The van der Waals surface area contributed by atoms with E-state index in [1.165, 1.54) is 12.3 Å². The molecular weight excluding hydrogens is 408 g/mol. The van der Waals surface area contributed by atoms with Crippen LogP contribution in [0.3, 0.4) is 0 Å². The second kappa shape index (κ2) is 8.68. The summed E-state index contributed by atoms with van der Waals surface area (Å²) in [5.74, 6) is 0.389. The number of nitrogens with zero attached hydrogens (tertiary/aromatic N) is 1. The van der Waals surface area contributed by atoms with Crippen LogP contribution in [0.25, 0.3) is 10.8 Å². The number of phenolic OH excluding ortho intramolecular Hbond substituents is 1. The number of hydrazone groups is 1. The number of ether oxygens (including phenoxy) is 1. The number of carbonyl (C=O) groups is 1. The Morgan fingerprint density at radius 2 is 1.96 bits per heavy atom. The zero-order valence-corrected chi connectivity index (χ0v) is 16.4. The van der Waals surface area contributed by atoms with Crippen molar-refractivity contribution in [1.29, 1.82) is 0 Å². The lowest BCUT2D eigenvalue weighted by molar-refractivity contribution is -0.120. The molecule has 0 aliphatic carbocycles. The molecule has 0 radical (unpaired) electrons. The van der Waals surface area contributed by atoms with Crippen LogP contribution in [0.15, 0.2) is 64.2 Å². The van der Waals surface area contributed by atoms with Crippen LogP contribution in [-0.4, -0.2) is 23.8 Å². The van der Waals surface area contributed by atoms with Gasteiger partial charge >= 0.3 is 0 Å². The van der Waals surface area contributed by atoms with Gasteiger partial charge in [0.05, 0.1) is 19.2 Å². The number of rotatable bonds is 6. The summed E-state index contributed by atoms with van der Waals surface area (Å²) in [4.78, 5) is 12.2. The van der Waals surface area contributed by atoms with Crippen molar-refractivity contribution < 1.29 is 14.6 Å². The first-order chi connectivity index (χ1) is 13.1. The zero-order chi connectivity index (χ0) is 19.2. The van der Waals surface area contributed by atoms with Crippen LogP contribution in [0.5, 0.6) is 11.5 Å². The third kappa shape index (κ3) is 4.65. The van der Waals surface area contributed by atoms with E-state index in [0.717, 1.165) is 20.8 Å². The normalized spacial score (nSPS) is 11.0. The van der Waals surface area contributed by atoms with Crippen LogP contribution in [0, 0.1) is 0 Å². The van der Waals surface area contributed by atoms with Gasteiger partial charge in [0.1, 0.15) is 11.5 Å². The van der Waals surface area contributed by atoms with Gasteiger partial charge in [-0.2, -0.15) is 5.10 Å². The van der Waals surface area contributed by atoms with Gasteiger partial charge in [-0.3, -0.25) is 4.79 Å². The molecule has 3 aromatic rings. The standard InChI is InChI=1S/C21H19BrN2O3/c1-2-27-16-9-7-15(20(25)12-16)13-23-24-21(26)11-14-8-10-19(22)18-6-4-3-5-17(14)18/h3-10,12-13,25H,2,11H2,1H3,(H,24,26). The maximum absolute atomic E-state index is 12.2. The Morgan fingerprint density at radius 3 is 2.70 bits per heavy atom. The number of benzene rings is 3. The third-order valence-corrected chi connectivity index (χ3v) is 4.71.